The zero-order valence-corrected chi connectivity index (χ0v) is 21.8. The van der Waals surface area contributed by atoms with Gasteiger partial charge in [0.2, 0.25) is 0 Å². The van der Waals surface area contributed by atoms with Crippen LogP contribution in [-0.2, 0) is 9.47 Å². The Bertz CT molecular complexity index is 818. The summed E-state index contributed by atoms with van der Waals surface area (Å²) in [7, 11) is 0. The van der Waals surface area contributed by atoms with Crippen molar-refractivity contribution in [2.24, 2.45) is 16.7 Å². The van der Waals surface area contributed by atoms with Crippen LogP contribution in [0, 0.1) is 23.7 Å². The maximum Gasteiger partial charge on any atom is 0.193 e. The third-order valence-corrected chi connectivity index (χ3v) is 5.52. The molecule has 1 aromatic carbocycles. The van der Waals surface area contributed by atoms with Crippen LogP contribution in [0.3, 0.4) is 0 Å². The molecular formula is C27H44O7. The summed E-state index contributed by atoms with van der Waals surface area (Å²) in [6, 6.07) is 5.56. The molecule has 0 fully saturated rings. The number of rotatable bonds is 8. The summed E-state index contributed by atoms with van der Waals surface area (Å²) in [4.78, 5) is 0. The highest BCUT2D eigenvalue weighted by Crippen LogP contribution is 2.49. The Kier molecular flexibility index (Phi) is 11.4. The van der Waals surface area contributed by atoms with Gasteiger partial charge in [0.05, 0.1) is 39.6 Å². The van der Waals surface area contributed by atoms with Crippen LogP contribution < -0.4 is 0 Å². The number of aromatic hydroxyl groups is 1. The highest BCUT2D eigenvalue weighted by atomic mass is 16.5. The Labute approximate surface area is 204 Å². The molecule has 0 amide bonds. The Hall–Kier alpha value is -1.74. The average Bonchev–Trinajstić information content (AvgIpc) is 2.69. The predicted octanol–water partition coefficient (Wildman–Crippen LogP) is 3.42. The molecule has 0 spiro atoms. The number of allylic oxidation sites excluding steroid dienone is 2. The van der Waals surface area contributed by atoms with Crippen molar-refractivity contribution in [3.8, 4) is 5.75 Å². The fourth-order valence-electron chi connectivity index (χ4n) is 3.90. The van der Waals surface area contributed by atoms with Gasteiger partial charge >= 0.3 is 0 Å². The zero-order valence-electron chi connectivity index (χ0n) is 21.8. The van der Waals surface area contributed by atoms with Gasteiger partial charge in [-0.25, -0.2) is 0 Å². The van der Waals surface area contributed by atoms with Gasteiger partial charge in [-0.15, -0.1) is 0 Å². The highest BCUT2D eigenvalue weighted by Gasteiger charge is 2.49. The first-order valence-corrected chi connectivity index (χ1v) is 11.7. The van der Waals surface area contributed by atoms with Gasteiger partial charge in [0.1, 0.15) is 5.75 Å². The SMILES string of the molecule is Cc1ccc(C2=CC(C(C)(C)C)C(O)(O)C(C(C)(C)C)=C2)c(O)c1.OCCOCCOCCO. The lowest BCUT2D eigenvalue weighted by Gasteiger charge is -2.46. The quantitative estimate of drug-likeness (QED) is 0.286. The van der Waals surface area contributed by atoms with Gasteiger partial charge in [0, 0.05) is 11.5 Å². The molecule has 0 radical (unpaired) electrons. The van der Waals surface area contributed by atoms with Gasteiger partial charge in [0.25, 0.3) is 0 Å². The molecule has 5 N–H and O–H groups in total. The van der Waals surface area contributed by atoms with Crippen molar-refractivity contribution in [3.05, 3.63) is 47.1 Å². The summed E-state index contributed by atoms with van der Waals surface area (Å²) < 4.78 is 9.75. The molecule has 0 saturated heterocycles. The molecule has 34 heavy (non-hydrogen) atoms. The normalized spacial score (nSPS) is 18.0. The van der Waals surface area contributed by atoms with Crippen LogP contribution in [0.25, 0.3) is 5.57 Å². The third-order valence-electron chi connectivity index (χ3n) is 5.52. The number of phenols is 1. The largest absolute Gasteiger partial charge is 0.507 e. The Morgan fingerprint density at radius 3 is 1.82 bits per heavy atom. The Balaban J connectivity index is 0.000000489. The van der Waals surface area contributed by atoms with E-state index in [4.69, 9.17) is 19.7 Å². The molecule has 0 aromatic heterocycles. The van der Waals surface area contributed by atoms with E-state index in [1.54, 1.807) is 6.07 Å². The highest BCUT2D eigenvalue weighted by molar-refractivity contribution is 5.80. The topological polar surface area (TPSA) is 120 Å². The first-order chi connectivity index (χ1) is 15.7. The van der Waals surface area contributed by atoms with Crippen molar-refractivity contribution < 1.29 is 35.0 Å². The summed E-state index contributed by atoms with van der Waals surface area (Å²) in [6.07, 6.45) is 3.69. The first-order valence-electron chi connectivity index (χ1n) is 11.7. The molecule has 1 aliphatic rings. The lowest BCUT2D eigenvalue weighted by Crippen LogP contribution is -2.49. The fraction of sp³-hybridized carbons (Fsp3) is 0.630. The lowest BCUT2D eigenvalue weighted by molar-refractivity contribution is -0.187. The number of hydrogen-bond donors (Lipinski definition) is 5. The second-order valence-electron chi connectivity index (χ2n) is 10.7. The van der Waals surface area contributed by atoms with Crippen LogP contribution in [-0.4, -0.2) is 71.0 Å². The number of aliphatic hydroxyl groups is 4. The number of hydrogen-bond acceptors (Lipinski definition) is 7. The molecule has 1 aromatic rings. The maximum atomic E-state index is 10.9. The fourth-order valence-corrected chi connectivity index (χ4v) is 3.90. The Morgan fingerprint density at radius 2 is 1.41 bits per heavy atom. The van der Waals surface area contributed by atoms with Gasteiger partial charge in [-0.1, -0.05) is 59.8 Å². The van der Waals surface area contributed by atoms with Gasteiger partial charge in [-0.3, -0.25) is 0 Å². The van der Waals surface area contributed by atoms with Crippen LogP contribution >= 0.6 is 0 Å². The van der Waals surface area contributed by atoms with E-state index in [1.807, 2.05) is 72.8 Å². The van der Waals surface area contributed by atoms with E-state index in [0.29, 0.717) is 37.6 Å². The minimum Gasteiger partial charge on any atom is -0.507 e. The van der Waals surface area contributed by atoms with E-state index in [-0.39, 0.29) is 24.4 Å². The maximum absolute atomic E-state index is 10.9. The van der Waals surface area contributed by atoms with E-state index < -0.39 is 17.1 Å². The van der Waals surface area contributed by atoms with Crippen molar-refractivity contribution in [2.45, 2.75) is 54.3 Å². The summed E-state index contributed by atoms with van der Waals surface area (Å²) in [5.41, 5.74) is 2.33. The van der Waals surface area contributed by atoms with E-state index in [9.17, 15) is 15.3 Å². The molecule has 7 nitrogen and oxygen atoms in total. The summed E-state index contributed by atoms with van der Waals surface area (Å²) in [6.45, 7) is 15.5. The summed E-state index contributed by atoms with van der Waals surface area (Å²) in [5.74, 6) is -2.19. The van der Waals surface area contributed by atoms with Crippen LogP contribution in [0.5, 0.6) is 5.75 Å². The first kappa shape index (κ1) is 30.3. The second-order valence-corrected chi connectivity index (χ2v) is 10.7. The van der Waals surface area contributed by atoms with E-state index in [0.717, 1.165) is 11.1 Å². The summed E-state index contributed by atoms with van der Waals surface area (Å²) in [5, 5.41) is 48.7. The molecule has 1 aliphatic carbocycles. The van der Waals surface area contributed by atoms with Crippen molar-refractivity contribution in [3.63, 3.8) is 0 Å². The van der Waals surface area contributed by atoms with Crippen molar-refractivity contribution >= 4 is 5.57 Å². The van der Waals surface area contributed by atoms with Crippen LogP contribution in [0.2, 0.25) is 0 Å². The molecule has 0 aliphatic heterocycles. The molecule has 0 saturated carbocycles. The number of ether oxygens (including phenoxy) is 2. The zero-order chi connectivity index (χ0) is 26.2. The molecule has 0 bridgehead atoms. The van der Waals surface area contributed by atoms with Crippen LogP contribution in [0.4, 0.5) is 0 Å². The molecule has 7 heteroatoms. The van der Waals surface area contributed by atoms with E-state index in [1.165, 1.54) is 0 Å². The monoisotopic (exact) mass is 480 g/mol. The Morgan fingerprint density at radius 1 is 0.882 bits per heavy atom. The average molecular weight is 481 g/mol. The standard InChI is InChI=1S/C21H30O3.C6H14O4/c1-13-8-9-15(16(22)10-13)14-11-17(19(2,3)4)21(23,24)18(12-14)20(5,6)7;7-1-3-9-5-6-10-4-2-8/h8-12,17,22-24H,1-7H3;7-8H,1-6H2. The van der Waals surface area contributed by atoms with Crippen LogP contribution in [0.1, 0.15) is 52.7 Å². The van der Waals surface area contributed by atoms with Gasteiger partial charge in [-0.2, -0.15) is 0 Å². The molecule has 1 atom stereocenters. The molecule has 1 unspecified atom stereocenters. The molecule has 0 heterocycles. The number of aliphatic hydroxyl groups excluding tert-OH is 2. The van der Waals surface area contributed by atoms with Crippen molar-refractivity contribution in [1.29, 1.82) is 0 Å². The second kappa shape index (κ2) is 12.8. The number of benzene rings is 1. The van der Waals surface area contributed by atoms with E-state index in [2.05, 4.69) is 0 Å². The molecule has 194 valence electrons. The van der Waals surface area contributed by atoms with Crippen LogP contribution in [0.15, 0.2) is 35.9 Å². The number of aryl methyl sites for hydroxylation is 1. The van der Waals surface area contributed by atoms with Crippen molar-refractivity contribution in [2.75, 3.05) is 39.6 Å². The minimum absolute atomic E-state index is 0.0417. The smallest absolute Gasteiger partial charge is 0.193 e. The third kappa shape index (κ3) is 8.80. The number of phenolic OH excluding ortho intramolecular Hbond substituents is 1. The summed E-state index contributed by atoms with van der Waals surface area (Å²) >= 11 is 0. The van der Waals surface area contributed by atoms with Gasteiger partial charge in [0.15, 0.2) is 5.79 Å². The van der Waals surface area contributed by atoms with Gasteiger partial charge < -0.3 is 35.0 Å². The predicted molar refractivity (Wildman–Crippen MR) is 134 cm³/mol. The van der Waals surface area contributed by atoms with E-state index >= 15 is 0 Å². The minimum atomic E-state index is -1.92. The lowest BCUT2D eigenvalue weighted by atomic mass is 9.65. The van der Waals surface area contributed by atoms with Crippen molar-refractivity contribution in [1.82, 2.24) is 0 Å². The van der Waals surface area contributed by atoms with Gasteiger partial charge in [-0.05, 0) is 46.6 Å². The molecule has 2 rings (SSSR count). The molecular weight excluding hydrogens is 436 g/mol.